The summed E-state index contributed by atoms with van der Waals surface area (Å²) in [4.78, 5) is 13.4. The summed E-state index contributed by atoms with van der Waals surface area (Å²) in [5.41, 5.74) is 1.93. The van der Waals surface area contributed by atoms with Crippen molar-refractivity contribution in [2.45, 2.75) is 20.8 Å². The van der Waals surface area contributed by atoms with E-state index in [-0.39, 0.29) is 11.3 Å². The molecular weight excluding hydrogens is 212 g/mol. The summed E-state index contributed by atoms with van der Waals surface area (Å²) in [6, 6.07) is 7.62. The van der Waals surface area contributed by atoms with Crippen LogP contribution in [0.15, 0.2) is 24.3 Å². The van der Waals surface area contributed by atoms with Crippen LogP contribution in [0.4, 0.5) is 5.69 Å². The second-order valence-corrected chi connectivity index (χ2v) is 5.69. The predicted molar refractivity (Wildman–Crippen MR) is 72.4 cm³/mol. The zero-order chi connectivity index (χ0) is 13.1. The molecule has 1 amide bonds. The molecule has 0 unspecified atom stereocenters. The van der Waals surface area contributed by atoms with Crippen LogP contribution in [0.3, 0.4) is 0 Å². The Morgan fingerprint density at radius 1 is 1.29 bits per heavy atom. The van der Waals surface area contributed by atoms with Crippen LogP contribution in [0.1, 0.15) is 31.1 Å². The number of amides is 1. The maximum Gasteiger partial charge on any atom is 0.253 e. The molecule has 3 nitrogen and oxygen atoms in total. The third kappa shape index (κ3) is 4.47. The minimum atomic E-state index is 0.0319. The Hall–Kier alpha value is -1.51. The fraction of sp³-hybridized carbons (Fsp3) is 0.500. The minimum Gasteiger partial charge on any atom is -0.385 e. The lowest BCUT2D eigenvalue weighted by atomic mass is 9.97. The average Bonchev–Trinajstić information content (AvgIpc) is 2.24. The Kier molecular flexibility index (Phi) is 4.16. The van der Waals surface area contributed by atoms with Crippen LogP contribution in [0.25, 0.3) is 0 Å². The summed E-state index contributed by atoms with van der Waals surface area (Å²) in [5.74, 6) is 0.0319. The first-order valence-electron chi connectivity index (χ1n) is 5.85. The second-order valence-electron chi connectivity index (χ2n) is 5.69. The van der Waals surface area contributed by atoms with Crippen molar-refractivity contribution >= 4 is 11.6 Å². The molecule has 17 heavy (non-hydrogen) atoms. The van der Waals surface area contributed by atoms with E-state index in [2.05, 4.69) is 26.1 Å². The fourth-order valence-electron chi connectivity index (χ4n) is 1.39. The van der Waals surface area contributed by atoms with Crippen molar-refractivity contribution in [3.63, 3.8) is 0 Å². The number of hydrogen-bond donors (Lipinski definition) is 1. The fourth-order valence-corrected chi connectivity index (χ4v) is 1.39. The summed E-state index contributed by atoms with van der Waals surface area (Å²) < 4.78 is 0. The molecule has 0 radical (unpaired) electrons. The Labute approximate surface area is 104 Å². The number of nitrogens with zero attached hydrogens (tertiary/aromatic N) is 1. The molecule has 0 aliphatic carbocycles. The van der Waals surface area contributed by atoms with Gasteiger partial charge >= 0.3 is 0 Å². The lowest BCUT2D eigenvalue weighted by Gasteiger charge is -2.20. The molecule has 0 atom stereocenters. The van der Waals surface area contributed by atoms with E-state index in [1.165, 1.54) is 0 Å². The van der Waals surface area contributed by atoms with Gasteiger partial charge in [0.15, 0.2) is 0 Å². The normalized spacial score (nSPS) is 11.1. The van der Waals surface area contributed by atoms with Gasteiger partial charge in [0.05, 0.1) is 0 Å². The van der Waals surface area contributed by atoms with Crippen LogP contribution >= 0.6 is 0 Å². The van der Waals surface area contributed by atoms with Gasteiger partial charge in [-0.3, -0.25) is 4.79 Å². The Morgan fingerprint density at radius 2 is 1.94 bits per heavy atom. The van der Waals surface area contributed by atoms with Crippen LogP contribution < -0.4 is 5.32 Å². The highest BCUT2D eigenvalue weighted by atomic mass is 16.2. The minimum absolute atomic E-state index is 0.0319. The molecular formula is C14H22N2O. The molecule has 0 heterocycles. The molecule has 0 aromatic heterocycles. The molecule has 1 N–H and O–H groups in total. The number of anilines is 1. The van der Waals surface area contributed by atoms with Crippen molar-refractivity contribution in [2.75, 3.05) is 26.0 Å². The van der Waals surface area contributed by atoms with Crippen LogP contribution in [0.2, 0.25) is 0 Å². The topological polar surface area (TPSA) is 32.3 Å². The zero-order valence-electron chi connectivity index (χ0n) is 11.4. The van der Waals surface area contributed by atoms with Crippen molar-refractivity contribution in [3.8, 4) is 0 Å². The first-order chi connectivity index (χ1) is 7.79. The van der Waals surface area contributed by atoms with Gasteiger partial charge in [-0.1, -0.05) is 26.8 Å². The number of hydrogen-bond acceptors (Lipinski definition) is 2. The molecule has 0 aliphatic heterocycles. The van der Waals surface area contributed by atoms with Gasteiger partial charge in [0, 0.05) is 31.9 Å². The van der Waals surface area contributed by atoms with Gasteiger partial charge in [0.1, 0.15) is 0 Å². The monoisotopic (exact) mass is 234 g/mol. The molecule has 0 spiro atoms. The molecule has 0 saturated carbocycles. The van der Waals surface area contributed by atoms with Crippen LogP contribution in [-0.4, -0.2) is 31.4 Å². The van der Waals surface area contributed by atoms with E-state index in [0.717, 1.165) is 12.2 Å². The van der Waals surface area contributed by atoms with Gasteiger partial charge in [0.25, 0.3) is 5.91 Å². The lowest BCUT2D eigenvalue weighted by molar-refractivity contribution is 0.0827. The first kappa shape index (κ1) is 13.6. The summed E-state index contributed by atoms with van der Waals surface area (Å²) in [6.45, 7) is 7.41. The number of nitrogens with one attached hydrogen (secondary N) is 1. The molecule has 1 rings (SSSR count). The highest BCUT2D eigenvalue weighted by molar-refractivity contribution is 5.94. The van der Waals surface area contributed by atoms with Crippen molar-refractivity contribution < 1.29 is 4.79 Å². The number of benzene rings is 1. The molecule has 94 valence electrons. The largest absolute Gasteiger partial charge is 0.385 e. The third-order valence-electron chi connectivity index (χ3n) is 2.34. The van der Waals surface area contributed by atoms with Crippen molar-refractivity contribution in [1.29, 1.82) is 0 Å². The van der Waals surface area contributed by atoms with Gasteiger partial charge in [-0.2, -0.15) is 0 Å². The second kappa shape index (κ2) is 5.21. The molecule has 0 aliphatic rings. The highest BCUT2D eigenvalue weighted by Crippen LogP contribution is 2.17. The SMILES string of the molecule is CN(C)C(=O)c1cccc(NCC(C)(C)C)c1. The highest BCUT2D eigenvalue weighted by Gasteiger charge is 2.11. The summed E-state index contributed by atoms with van der Waals surface area (Å²) in [6.07, 6.45) is 0. The van der Waals surface area contributed by atoms with Gasteiger partial charge in [-0.15, -0.1) is 0 Å². The number of rotatable bonds is 3. The molecule has 0 bridgehead atoms. The van der Waals surface area contributed by atoms with E-state index in [1.807, 2.05) is 24.3 Å². The first-order valence-corrected chi connectivity index (χ1v) is 5.85. The lowest BCUT2D eigenvalue weighted by Crippen LogP contribution is -2.22. The number of carbonyl (C=O) groups excluding carboxylic acids is 1. The smallest absolute Gasteiger partial charge is 0.253 e. The summed E-state index contributed by atoms with van der Waals surface area (Å²) in [5, 5.41) is 3.35. The van der Waals surface area contributed by atoms with Crippen molar-refractivity contribution in [3.05, 3.63) is 29.8 Å². The van der Waals surface area contributed by atoms with E-state index in [9.17, 15) is 4.79 Å². The molecule has 3 heteroatoms. The summed E-state index contributed by atoms with van der Waals surface area (Å²) in [7, 11) is 3.52. The average molecular weight is 234 g/mol. The van der Waals surface area contributed by atoms with Crippen molar-refractivity contribution in [2.24, 2.45) is 5.41 Å². The van der Waals surface area contributed by atoms with E-state index >= 15 is 0 Å². The van der Waals surface area contributed by atoms with Crippen molar-refractivity contribution in [1.82, 2.24) is 4.90 Å². The van der Waals surface area contributed by atoms with E-state index < -0.39 is 0 Å². The van der Waals surface area contributed by atoms with E-state index in [4.69, 9.17) is 0 Å². The quantitative estimate of drug-likeness (QED) is 0.872. The molecule has 0 saturated heterocycles. The van der Waals surface area contributed by atoms with Gasteiger partial charge in [0.2, 0.25) is 0 Å². The van der Waals surface area contributed by atoms with Crippen LogP contribution in [0, 0.1) is 5.41 Å². The Morgan fingerprint density at radius 3 is 2.47 bits per heavy atom. The molecule has 1 aromatic rings. The molecule has 1 aromatic carbocycles. The zero-order valence-corrected chi connectivity index (χ0v) is 11.4. The number of carbonyl (C=O) groups is 1. The maximum atomic E-state index is 11.8. The maximum absolute atomic E-state index is 11.8. The summed E-state index contributed by atoms with van der Waals surface area (Å²) >= 11 is 0. The van der Waals surface area contributed by atoms with Gasteiger partial charge in [-0.05, 0) is 23.6 Å². The Bertz CT molecular complexity index is 391. The van der Waals surface area contributed by atoms with E-state index in [0.29, 0.717) is 5.56 Å². The van der Waals surface area contributed by atoms with Crippen LogP contribution in [0.5, 0.6) is 0 Å². The van der Waals surface area contributed by atoms with E-state index in [1.54, 1.807) is 19.0 Å². The molecule has 0 fully saturated rings. The standard InChI is InChI=1S/C14H22N2O/c1-14(2,3)10-15-12-8-6-7-11(9-12)13(17)16(4)5/h6-9,15H,10H2,1-5H3. The third-order valence-corrected chi connectivity index (χ3v) is 2.34. The van der Waals surface area contributed by atoms with Gasteiger partial charge < -0.3 is 10.2 Å². The van der Waals surface area contributed by atoms with Crippen LogP contribution in [-0.2, 0) is 0 Å². The Balaban J connectivity index is 2.76. The van der Waals surface area contributed by atoms with Gasteiger partial charge in [-0.25, -0.2) is 0 Å². The predicted octanol–water partition coefficient (Wildman–Crippen LogP) is 2.85.